The first-order valence-corrected chi connectivity index (χ1v) is 6.06. The summed E-state index contributed by atoms with van der Waals surface area (Å²) in [6.07, 6.45) is 2.11. The summed E-state index contributed by atoms with van der Waals surface area (Å²) in [4.78, 5) is 12.1. The Hall–Kier alpha value is -1.07. The Labute approximate surface area is 113 Å². The molecule has 102 valence electrons. The third-order valence-corrected chi connectivity index (χ3v) is 3.34. The number of nitrogens with one attached hydrogen (secondary N) is 2. The van der Waals surface area contributed by atoms with Gasteiger partial charge in [-0.2, -0.15) is 0 Å². The van der Waals surface area contributed by atoms with E-state index in [4.69, 9.17) is 4.52 Å². The number of aromatic nitrogens is 1. The fourth-order valence-electron chi connectivity index (χ4n) is 2.29. The van der Waals surface area contributed by atoms with Crippen molar-refractivity contribution in [2.24, 2.45) is 0 Å². The summed E-state index contributed by atoms with van der Waals surface area (Å²) in [6.45, 7) is 6.67. The van der Waals surface area contributed by atoms with Crippen LogP contribution in [0, 0.1) is 13.8 Å². The summed E-state index contributed by atoms with van der Waals surface area (Å²) < 4.78 is 5.01. The molecular weight excluding hydrogens is 254 g/mol. The molecule has 1 aromatic rings. The summed E-state index contributed by atoms with van der Waals surface area (Å²) in [6, 6.07) is 0.498. The molecule has 2 N–H and O–H groups in total. The van der Waals surface area contributed by atoms with Gasteiger partial charge in [0.2, 0.25) is 0 Å². The first-order valence-electron chi connectivity index (χ1n) is 6.06. The first-order chi connectivity index (χ1) is 8.09. The second-order valence-electron chi connectivity index (χ2n) is 4.66. The zero-order chi connectivity index (χ0) is 12.4. The van der Waals surface area contributed by atoms with E-state index in [-0.39, 0.29) is 24.4 Å². The predicted octanol–water partition coefficient (Wildman–Crippen LogP) is 1.58. The summed E-state index contributed by atoms with van der Waals surface area (Å²) in [5, 5.41) is 10.2. The molecule has 1 amide bonds. The van der Waals surface area contributed by atoms with Gasteiger partial charge in [0, 0.05) is 12.1 Å². The molecule has 2 heterocycles. The van der Waals surface area contributed by atoms with Gasteiger partial charge in [-0.05, 0) is 40.2 Å². The topological polar surface area (TPSA) is 67.2 Å². The number of amides is 1. The van der Waals surface area contributed by atoms with E-state index < -0.39 is 0 Å². The van der Waals surface area contributed by atoms with E-state index >= 15 is 0 Å². The molecule has 1 aromatic heterocycles. The molecule has 6 heteroatoms. The van der Waals surface area contributed by atoms with Gasteiger partial charge in [0.05, 0.1) is 5.69 Å². The Morgan fingerprint density at radius 3 is 2.78 bits per heavy atom. The Bertz CT molecular complexity index is 400. The largest absolute Gasteiger partial charge is 0.361 e. The van der Waals surface area contributed by atoms with Crippen molar-refractivity contribution in [1.29, 1.82) is 0 Å². The summed E-state index contributed by atoms with van der Waals surface area (Å²) >= 11 is 0. The molecule has 0 aromatic carbocycles. The predicted molar refractivity (Wildman–Crippen MR) is 71.2 cm³/mol. The van der Waals surface area contributed by atoms with Crippen LogP contribution in [0.25, 0.3) is 0 Å². The maximum Gasteiger partial charge on any atom is 0.257 e. The molecule has 0 spiro atoms. The van der Waals surface area contributed by atoms with Gasteiger partial charge in [-0.15, -0.1) is 12.4 Å². The van der Waals surface area contributed by atoms with Crippen LogP contribution >= 0.6 is 12.4 Å². The Morgan fingerprint density at radius 1 is 1.50 bits per heavy atom. The van der Waals surface area contributed by atoms with Crippen molar-refractivity contribution in [3.8, 4) is 0 Å². The lowest BCUT2D eigenvalue weighted by Crippen LogP contribution is -2.52. The second kappa shape index (κ2) is 6.20. The minimum atomic E-state index is -0.0817. The monoisotopic (exact) mass is 273 g/mol. The van der Waals surface area contributed by atoms with Gasteiger partial charge >= 0.3 is 0 Å². The summed E-state index contributed by atoms with van der Waals surface area (Å²) in [7, 11) is 0. The van der Waals surface area contributed by atoms with Crippen molar-refractivity contribution < 1.29 is 9.32 Å². The second-order valence-corrected chi connectivity index (χ2v) is 4.66. The first kappa shape index (κ1) is 15.0. The van der Waals surface area contributed by atoms with Gasteiger partial charge in [0.15, 0.2) is 0 Å². The van der Waals surface area contributed by atoms with Crippen LogP contribution in [0.4, 0.5) is 0 Å². The summed E-state index contributed by atoms with van der Waals surface area (Å²) in [5.41, 5.74) is 1.22. The zero-order valence-corrected chi connectivity index (χ0v) is 11.8. The third kappa shape index (κ3) is 3.03. The lowest BCUT2D eigenvalue weighted by atomic mass is 9.99. The van der Waals surface area contributed by atoms with E-state index in [1.54, 1.807) is 13.8 Å². The molecule has 2 atom stereocenters. The Kier molecular flexibility index (Phi) is 5.16. The number of carbonyl (C=O) groups excluding carboxylic acids is 1. The zero-order valence-electron chi connectivity index (χ0n) is 10.9. The smallest absolute Gasteiger partial charge is 0.257 e. The average Bonchev–Trinajstić information content (AvgIpc) is 2.62. The van der Waals surface area contributed by atoms with Crippen LogP contribution in [0.3, 0.4) is 0 Å². The molecule has 2 rings (SSSR count). The highest BCUT2D eigenvalue weighted by Gasteiger charge is 2.25. The number of nitrogens with zero attached hydrogens (tertiary/aromatic N) is 1. The number of aryl methyl sites for hydroxylation is 2. The molecule has 1 aliphatic heterocycles. The lowest BCUT2D eigenvalue weighted by molar-refractivity contribution is 0.0918. The Balaban J connectivity index is 0.00000162. The molecule has 1 fully saturated rings. The summed E-state index contributed by atoms with van der Waals surface area (Å²) in [5.74, 6) is 0.498. The molecule has 18 heavy (non-hydrogen) atoms. The standard InChI is InChI=1S/C12H19N3O2.ClH/c1-7-10(5-4-6-13-7)14-12(16)11-8(2)15-17-9(11)3;/h7,10,13H,4-6H2,1-3H3,(H,14,16);1H. The van der Waals surface area contributed by atoms with Gasteiger partial charge in [-0.3, -0.25) is 4.79 Å². The normalized spacial score (nSPS) is 23.3. The van der Waals surface area contributed by atoms with Crippen molar-refractivity contribution in [1.82, 2.24) is 15.8 Å². The van der Waals surface area contributed by atoms with Gasteiger partial charge in [-0.1, -0.05) is 5.16 Å². The van der Waals surface area contributed by atoms with Crippen LogP contribution < -0.4 is 10.6 Å². The number of hydrogen-bond acceptors (Lipinski definition) is 4. The minimum absolute atomic E-state index is 0. The van der Waals surface area contributed by atoms with Crippen molar-refractivity contribution in [2.75, 3.05) is 6.54 Å². The van der Waals surface area contributed by atoms with Gasteiger partial charge < -0.3 is 15.2 Å². The SMILES string of the molecule is Cc1noc(C)c1C(=O)NC1CCCNC1C.Cl. The lowest BCUT2D eigenvalue weighted by Gasteiger charge is -2.30. The molecule has 0 aliphatic carbocycles. The molecule has 5 nitrogen and oxygen atoms in total. The van der Waals surface area contributed by atoms with Gasteiger partial charge in [0.1, 0.15) is 11.3 Å². The van der Waals surface area contributed by atoms with E-state index in [2.05, 4.69) is 22.7 Å². The van der Waals surface area contributed by atoms with Gasteiger partial charge in [0.25, 0.3) is 5.91 Å². The van der Waals surface area contributed by atoms with Crippen LogP contribution in [0.1, 0.15) is 41.6 Å². The number of piperidine rings is 1. The molecule has 0 radical (unpaired) electrons. The van der Waals surface area contributed by atoms with Crippen LogP contribution in [0.15, 0.2) is 4.52 Å². The van der Waals surface area contributed by atoms with Crippen LogP contribution in [0.5, 0.6) is 0 Å². The van der Waals surface area contributed by atoms with Crippen LogP contribution in [0.2, 0.25) is 0 Å². The van der Waals surface area contributed by atoms with Crippen LogP contribution in [-0.2, 0) is 0 Å². The number of carbonyl (C=O) groups is 1. The number of rotatable bonds is 2. The molecule has 1 saturated heterocycles. The maximum atomic E-state index is 12.1. The highest BCUT2D eigenvalue weighted by molar-refractivity contribution is 5.96. The van der Waals surface area contributed by atoms with Crippen molar-refractivity contribution in [3.05, 3.63) is 17.0 Å². The number of halogens is 1. The van der Waals surface area contributed by atoms with Crippen LogP contribution in [-0.4, -0.2) is 29.7 Å². The quantitative estimate of drug-likeness (QED) is 0.859. The molecule has 2 unspecified atom stereocenters. The highest BCUT2D eigenvalue weighted by Crippen LogP contribution is 2.14. The van der Waals surface area contributed by atoms with E-state index in [1.165, 1.54) is 0 Å². The van der Waals surface area contributed by atoms with Crippen molar-refractivity contribution >= 4 is 18.3 Å². The van der Waals surface area contributed by atoms with E-state index in [1.807, 2.05) is 0 Å². The average molecular weight is 274 g/mol. The fourth-order valence-corrected chi connectivity index (χ4v) is 2.29. The van der Waals surface area contributed by atoms with E-state index in [9.17, 15) is 4.79 Å². The minimum Gasteiger partial charge on any atom is -0.361 e. The maximum absolute atomic E-state index is 12.1. The highest BCUT2D eigenvalue weighted by atomic mass is 35.5. The van der Waals surface area contributed by atoms with Gasteiger partial charge in [-0.25, -0.2) is 0 Å². The fraction of sp³-hybridized carbons (Fsp3) is 0.667. The van der Waals surface area contributed by atoms with Crippen molar-refractivity contribution in [3.63, 3.8) is 0 Å². The molecule has 0 bridgehead atoms. The Morgan fingerprint density at radius 2 is 2.22 bits per heavy atom. The number of hydrogen-bond donors (Lipinski definition) is 2. The van der Waals surface area contributed by atoms with E-state index in [0.29, 0.717) is 23.1 Å². The molecule has 1 aliphatic rings. The third-order valence-electron chi connectivity index (χ3n) is 3.34. The molecule has 0 saturated carbocycles. The van der Waals surface area contributed by atoms with E-state index in [0.717, 1.165) is 19.4 Å². The van der Waals surface area contributed by atoms with Crippen molar-refractivity contribution in [2.45, 2.75) is 45.7 Å². The molecular formula is C12H20ClN3O2.